The Morgan fingerprint density at radius 1 is 0.944 bits per heavy atom. The van der Waals surface area contributed by atoms with Gasteiger partial charge in [-0.2, -0.15) is 0 Å². The quantitative estimate of drug-likeness (QED) is 0.393. The zero-order chi connectivity index (χ0) is 26.3. The summed E-state index contributed by atoms with van der Waals surface area (Å²) >= 11 is 12.3. The van der Waals surface area contributed by atoms with E-state index >= 15 is 0 Å². The Hall–Kier alpha value is -1.70. The van der Waals surface area contributed by atoms with Crippen molar-refractivity contribution in [3.05, 3.63) is 28.2 Å². The van der Waals surface area contributed by atoms with Crippen LogP contribution in [0.25, 0.3) is 0 Å². The van der Waals surface area contributed by atoms with Crippen molar-refractivity contribution in [2.75, 3.05) is 57.4 Å². The number of carbonyl (C=O) groups excluding carboxylic acids is 2. The molecule has 2 aliphatic rings. The fraction of sp³-hybridized carbons (Fsp3) is 0.704. The lowest BCUT2D eigenvalue weighted by atomic mass is 9.94. The van der Waals surface area contributed by atoms with E-state index in [0.717, 1.165) is 57.5 Å². The van der Waals surface area contributed by atoms with Crippen LogP contribution in [-0.4, -0.2) is 79.9 Å². The van der Waals surface area contributed by atoms with Crippen LogP contribution in [0.2, 0.25) is 10.0 Å². The van der Waals surface area contributed by atoms with E-state index in [4.69, 9.17) is 32.7 Å². The first-order valence-electron chi connectivity index (χ1n) is 13.1. The number of nitrogens with zero attached hydrogens (tertiary/aromatic N) is 3. The topological polar surface area (TPSA) is 62.3 Å². The van der Waals surface area contributed by atoms with Crippen LogP contribution >= 0.6 is 23.2 Å². The van der Waals surface area contributed by atoms with Gasteiger partial charge in [-0.3, -0.25) is 4.79 Å². The van der Waals surface area contributed by atoms with Crippen molar-refractivity contribution in [2.24, 2.45) is 11.8 Å². The Bertz CT molecular complexity index is 856. The molecule has 36 heavy (non-hydrogen) atoms. The smallest absolute Gasteiger partial charge is 0.410 e. The van der Waals surface area contributed by atoms with Gasteiger partial charge in [0.15, 0.2) is 0 Å². The third-order valence-electron chi connectivity index (χ3n) is 6.86. The molecule has 1 aromatic carbocycles. The van der Waals surface area contributed by atoms with Crippen molar-refractivity contribution >= 4 is 40.9 Å². The minimum atomic E-state index is -0.458. The van der Waals surface area contributed by atoms with Crippen molar-refractivity contribution in [1.29, 1.82) is 0 Å². The first kappa shape index (κ1) is 28.9. The van der Waals surface area contributed by atoms with Gasteiger partial charge >= 0.3 is 6.09 Å². The molecule has 2 fully saturated rings. The Labute approximate surface area is 226 Å². The maximum Gasteiger partial charge on any atom is 0.410 e. The highest BCUT2D eigenvalue weighted by atomic mass is 35.5. The standard InChI is InChI=1S/C27H41Cl2N3O4/c1-20(25(33)31-13-11-30(12-14-31)24-18-22(28)17-23(29)19-24)7-15-35-16-8-21-5-9-32(10-6-21)26(34)36-27(2,3)4/h17-21H,5-16H2,1-4H3. The van der Waals surface area contributed by atoms with E-state index in [1.807, 2.05) is 44.7 Å². The summed E-state index contributed by atoms with van der Waals surface area (Å²) in [7, 11) is 0. The van der Waals surface area contributed by atoms with Gasteiger partial charge in [0.2, 0.25) is 5.91 Å². The average Bonchev–Trinajstić information content (AvgIpc) is 2.82. The number of halogens is 2. The summed E-state index contributed by atoms with van der Waals surface area (Å²) in [6.45, 7) is 13.3. The van der Waals surface area contributed by atoms with Gasteiger partial charge in [-0.05, 0) is 70.6 Å². The zero-order valence-electron chi connectivity index (χ0n) is 22.1. The van der Waals surface area contributed by atoms with E-state index in [-0.39, 0.29) is 17.9 Å². The summed E-state index contributed by atoms with van der Waals surface area (Å²) in [5, 5.41) is 1.24. The second-order valence-electron chi connectivity index (χ2n) is 10.9. The molecule has 7 nitrogen and oxygen atoms in total. The van der Waals surface area contributed by atoms with Crippen LogP contribution in [-0.2, 0) is 14.3 Å². The minimum Gasteiger partial charge on any atom is -0.444 e. The second kappa shape index (κ2) is 13.2. The maximum atomic E-state index is 12.9. The van der Waals surface area contributed by atoms with Crippen LogP contribution < -0.4 is 4.90 Å². The Morgan fingerprint density at radius 3 is 2.14 bits per heavy atom. The third kappa shape index (κ3) is 9.00. The molecule has 1 atom stereocenters. The fourth-order valence-corrected chi connectivity index (χ4v) is 5.20. The zero-order valence-corrected chi connectivity index (χ0v) is 23.6. The van der Waals surface area contributed by atoms with E-state index in [2.05, 4.69) is 4.90 Å². The number of rotatable bonds is 8. The number of piperazine rings is 1. The molecule has 9 heteroatoms. The summed E-state index contributed by atoms with van der Waals surface area (Å²) in [6.07, 6.45) is 3.45. The molecule has 0 bridgehead atoms. The fourth-order valence-electron chi connectivity index (χ4n) is 4.68. The second-order valence-corrected chi connectivity index (χ2v) is 11.8. The molecule has 0 N–H and O–H groups in total. The van der Waals surface area contributed by atoms with E-state index < -0.39 is 5.60 Å². The predicted molar refractivity (Wildman–Crippen MR) is 145 cm³/mol. The van der Waals surface area contributed by atoms with Gasteiger partial charge in [-0.15, -0.1) is 0 Å². The SMILES string of the molecule is CC(CCOCCC1CCN(C(=O)OC(C)(C)C)CC1)C(=O)N1CCN(c2cc(Cl)cc(Cl)c2)CC1. The number of piperidine rings is 1. The molecule has 2 heterocycles. The number of hydrogen-bond acceptors (Lipinski definition) is 5. The number of hydrogen-bond donors (Lipinski definition) is 0. The van der Waals surface area contributed by atoms with Crippen LogP contribution in [0.1, 0.15) is 53.4 Å². The molecule has 0 spiro atoms. The van der Waals surface area contributed by atoms with Crippen molar-refractivity contribution in [3.63, 3.8) is 0 Å². The van der Waals surface area contributed by atoms with E-state index in [9.17, 15) is 9.59 Å². The molecule has 0 radical (unpaired) electrons. The minimum absolute atomic E-state index is 0.0609. The highest BCUT2D eigenvalue weighted by Gasteiger charge is 2.27. The number of amides is 2. The lowest BCUT2D eigenvalue weighted by molar-refractivity contribution is -0.135. The molecule has 0 saturated carbocycles. The molecule has 202 valence electrons. The molecule has 2 amide bonds. The van der Waals surface area contributed by atoms with Crippen LogP contribution in [0.3, 0.4) is 0 Å². The summed E-state index contributed by atoms with van der Waals surface area (Å²) < 4.78 is 11.3. The number of ether oxygens (including phenoxy) is 2. The molecule has 1 unspecified atom stereocenters. The molecule has 2 saturated heterocycles. The van der Waals surface area contributed by atoms with E-state index in [1.165, 1.54) is 0 Å². The number of carbonyl (C=O) groups is 2. The van der Waals surface area contributed by atoms with Gasteiger partial charge in [0.05, 0.1) is 0 Å². The van der Waals surface area contributed by atoms with Crippen molar-refractivity contribution in [2.45, 2.75) is 59.0 Å². The van der Waals surface area contributed by atoms with Gasteiger partial charge in [-0.1, -0.05) is 30.1 Å². The molecule has 2 aliphatic heterocycles. The normalized spacial score (nSPS) is 18.3. The summed E-state index contributed by atoms with van der Waals surface area (Å²) in [4.78, 5) is 31.1. The number of likely N-dealkylation sites (tertiary alicyclic amines) is 1. The van der Waals surface area contributed by atoms with Crippen molar-refractivity contribution < 1.29 is 19.1 Å². The molecule has 0 aliphatic carbocycles. The summed E-state index contributed by atoms with van der Waals surface area (Å²) in [5.41, 5.74) is 0.539. The first-order chi connectivity index (χ1) is 17.0. The first-order valence-corrected chi connectivity index (χ1v) is 13.8. The number of benzene rings is 1. The van der Waals surface area contributed by atoms with Crippen LogP contribution in [0.4, 0.5) is 10.5 Å². The summed E-state index contributed by atoms with van der Waals surface area (Å²) in [5.74, 6) is 0.694. The molecule has 0 aromatic heterocycles. The molecular weight excluding hydrogens is 501 g/mol. The van der Waals surface area contributed by atoms with Gasteiger partial charge in [-0.25, -0.2) is 4.79 Å². The third-order valence-corrected chi connectivity index (χ3v) is 7.29. The Kier molecular flexibility index (Phi) is 10.6. The van der Waals surface area contributed by atoms with E-state index in [0.29, 0.717) is 42.3 Å². The highest BCUT2D eigenvalue weighted by molar-refractivity contribution is 6.35. The molecule has 1 aromatic rings. The molecule has 3 rings (SSSR count). The lowest BCUT2D eigenvalue weighted by Crippen LogP contribution is -2.50. The van der Waals surface area contributed by atoms with Crippen molar-refractivity contribution in [3.8, 4) is 0 Å². The summed E-state index contributed by atoms with van der Waals surface area (Å²) in [6, 6.07) is 5.55. The van der Waals surface area contributed by atoms with Crippen LogP contribution in [0.5, 0.6) is 0 Å². The van der Waals surface area contributed by atoms with Gasteiger partial charge in [0.1, 0.15) is 5.60 Å². The number of anilines is 1. The average molecular weight is 543 g/mol. The Morgan fingerprint density at radius 2 is 1.56 bits per heavy atom. The monoisotopic (exact) mass is 541 g/mol. The van der Waals surface area contributed by atoms with E-state index in [1.54, 1.807) is 11.0 Å². The van der Waals surface area contributed by atoms with Crippen LogP contribution in [0, 0.1) is 11.8 Å². The Balaban J connectivity index is 1.28. The maximum absolute atomic E-state index is 12.9. The predicted octanol–water partition coefficient (Wildman–Crippen LogP) is 5.72. The van der Waals surface area contributed by atoms with Gasteiger partial charge < -0.3 is 24.2 Å². The lowest BCUT2D eigenvalue weighted by Gasteiger charge is -2.37. The van der Waals surface area contributed by atoms with Gasteiger partial charge in [0, 0.05) is 74.1 Å². The van der Waals surface area contributed by atoms with Gasteiger partial charge in [0.25, 0.3) is 0 Å². The highest BCUT2D eigenvalue weighted by Crippen LogP contribution is 2.27. The van der Waals surface area contributed by atoms with Crippen molar-refractivity contribution in [1.82, 2.24) is 9.80 Å². The largest absolute Gasteiger partial charge is 0.444 e. The molecular formula is C27H41Cl2N3O4. The van der Waals surface area contributed by atoms with Crippen LogP contribution in [0.15, 0.2) is 18.2 Å².